The van der Waals surface area contributed by atoms with Gasteiger partial charge in [-0.3, -0.25) is 9.59 Å². The van der Waals surface area contributed by atoms with E-state index in [0.29, 0.717) is 17.2 Å². The molecular formula is C16H15FN2O4. The molecule has 0 radical (unpaired) electrons. The van der Waals surface area contributed by atoms with Crippen LogP contribution >= 0.6 is 0 Å². The van der Waals surface area contributed by atoms with Crippen molar-refractivity contribution in [1.29, 1.82) is 0 Å². The van der Waals surface area contributed by atoms with Gasteiger partial charge in [0.05, 0.1) is 12.8 Å². The molecule has 2 aromatic carbocycles. The van der Waals surface area contributed by atoms with Crippen molar-refractivity contribution in [3.8, 4) is 11.5 Å². The van der Waals surface area contributed by atoms with Crippen LogP contribution in [0.2, 0.25) is 0 Å². The lowest BCUT2D eigenvalue weighted by Gasteiger charge is -2.12. The molecule has 0 aliphatic heterocycles. The van der Waals surface area contributed by atoms with Gasteiger partial charge in [0, 0.05) is 5.56 Å². The molecule has 7 heteroatoms. The summed E-state index contributed by atoms with van der Waals surface area (Å²) in [5.74, 6) is -0.737. The summed E-state index contributed by atoms with van der Waals surface area (Å²) in [6.07, 6.45) is 0. The third-order valence-electron chi connectivity index (χ3n) is 2.94. The number of ether oxygens (including phenoxy) is 2. The summed E-state index contributed by atoms with van der Waals surface area (Å²) >= 11 is 0. The molecule has 0 fully saturated rings. The zero-order chi connectivity index (χ0) is 16.8. The lowest BCUT2D eigenvalue weighted by Crippen LogP contribution is -2.21. The molecule has 2 aromatic rings. The first-order valence-corrected chi connectivity index (χ1v) is 6.65. The third kappa shape index (κ3) is 4.44. The molecule has 23 heavy (non-hydrogen) atoms. The molecule has 0 unspecified atom stereocenters. The number of carbonyl (C=O) groups excluding carboxylic acids is 2. The Labute approximate surface area is 132 Å². The van der Waals surface area contributed by atoms with Crippen LogP contribution in [0.1, 0.15) is 10.4 Å². The number of carbonyl (C=O) groups is 2. The fourth-order valence-corrected chi connectivity index (χ4v) is 1.82. The summed E-state index contributed by atoms with van der Waals surface area (Å²) in [5, 5.41) is 2.57. The summed E-state index contributed by atoms with van der Waals surface area (Å²) in [6.45, 7) is -0.282. The van der Waals surface area contributed by atoms with Crippen LogP contribution in [0, 0.1) is 5.82 Å². The van der Waals surface area contributed by atoms with E-state index in [9.17, 15) is 14.0 Å². The van der Waals surface area contributed by atoms with Crippen LogP contribution in [-0.4, -0.2) is 25.5 Å². The number of methoxy groups -OCH3 is 1. The van der Waals surface area contributed by atoms with Crippen LogP contribution in [0.15, 0.2) is 42.5 Å². The average Bonchev–Trinajstić information content (AvgIpc) is 2.54. The van der Waals surface area contributed by atoms with Gasteiger partial charge in [-0.15, -0.1) is 0 Å². The number of nitrogens with two attached hydrogens (primary N) is 1. The standard InChI is InChI=1S/C16H15FN2O4/c1-22-14-7-2-10(16(18)21)8-13(14)19-15(20)9-23-12-5-3-11(17)4-6-12/h2-8H,9H2,1H3,(H2,18,21)(H,19,20). The number of hydrogen-bond acceptors (Lipinski definition) is 4. The Bertz CT molecular complexity index is 717. The second-order valence-electron chi connectivity index (χ2n) is 4.57. The number of rotatable bonds is 6. The lowest BCUT2D eigenvalue weighted by atomic mass is 10.1. The predicted molar refractivity (Wildman–Crippen MR) is 82.0 cm³/mol. The van der Waals surface area contributed by atoms with Gasteiger partial charge >= 0.3 is 0 Å². The molecule has 0 aliphatic rings. The van der Waals surface area contributed by atoms with Gasteiger partial charge in [-0.05, 0) is 42.5 Å². The first-order chi connectivity index (χ1) is 11.0. The molecule has 0 heterocycles. The van der Waals surface area contributed by atoms with Gasteiger partial charge in [-0.25, -0.2) is 4.39 Å². The minimum absolute atomic E-state index is 0.237. The van der Waals surface area contributed by atoms with Crippen molar-refractivity contribution in [3.63, 3.8) is 0 Å². The Morgan fingerprint density at radius 3 is 2.48 bits per heavy atom. The van der Waals surface area contributed by atoms with Gasteiger partial charge < -0.3 is 20.5 Å². The number of primary amides is 1. The number of halogens is 1. The van der Waals surface area contributed by atoms with Crippen molar-refractivity contribution in [2.75, 3.05) is 19.0 Å². The van der Waals surface area contributed by atoms with Crippen molar-refractivity contribution in [1.82, 2.24) is 0 Å². The Morgan fingerprint density at radius 1 is 1.17 bits per heavy atom. The van der Waals surface area contributed by atoms with Gasteiger partial charge in [0.2, 0.25) is 5.91 Å². The molecule has 6 nitrogen and oxygen atoms in total. The molecule has 2 rings (SSSR count). The number of benzene rings is 2. The molecule has 0 atom stereocenters. The van der Waals surface area contributed by atoms with Crippen molar-refractivity contribution in [2.45, 2.75) is 0 Å². The smallest absolute Gasteiger partial charge is 0.262 e. The van der Waals surface area contributed by atoms with Crippen LogP contribution in [0.5, 0.6) is 11.5 Å². The maximum atomic E-state index is 12.8. The molecule has 120 valence electrons. The SMILES string of the molecule is COc1ccc(C(N)=O)cc1NC(=O)COc1ccc(F)cc1. The lowest BCUT2D eigenvalue weighted by molar-refractivity contribution is -0.118. The Morgan fingerprint density at radius 2 is 1.87 bits per heavy atom. The van der Waals surface area contributed by atoms with Gasteiger partial charge in [0.25, 0.3) is 5.91 Å². The summed E-state index contributed by atoms with van der Waals surface area (Å²) in [4.78, 5) is 23.1. The van der Waals surface area contributed by atoms with Gasteiger partial charge in [-0.2, -0.15) is 0 Å². The summed E-state index contributed by atoms with van der Waals surface area (Å²) in [6, 6.07) is 9.71. The average molecular weight is 318 g/mol. The van der Waals surface area contributed by atoms with Crippen LogP contribution in [0.25, 0.3) is 0 Å². The molecular weight excluding hydrogens is 303 g/mol. The molecule has 0 bridgehead atoms. The van der Waals surface area contributed by atoms with E-state index in [1.807, 2.05) is 0 Å². The first-order valence-electron chi connectivity index (χ1n) is 6.65. The highest BCUT2D eigenvalue weighted by molar-refractivity contribution is 5.98. The fraction of sp³-hybridized carbons (Fsp3) is 0.125. The number of nitrogens with one attached hydrogen (secondary N) is 1. The highest BCUT2D eigenvalue weighted by Crippen LogP contribution is 2.25. The van der Waals surface area contributed by atoms with Gasteiger partial charge in [-0.1, -0.05) is 0 Å². The highest BCUT2D eigenvalue weighted by Gasteiger charge is 2.11. The predicted octanol–water partition coefficient (Wildman–Crippen LogP) is 1.95. The minimum atomic E-state index is -0.620. The van der Waals surface area contributed by atoms with Crippen LogP contribution in [-0.2, 0) is 4.79 Å². The van der Waals surface area contributed by atoms with E-state index in [-0.39, 0.29) is 12.2 Å². The van der Waals surface area contributed by atoms with Gasteiger partial charge in [0.15, 0.2) is 6.61 Å². The van der Waals surface area contributed by atoms with Crippen LogP contribution < -0.4 is 20.5 Å². The van der Waals surface area contributed by atoms with Crippen LogP contribution in [0.3, 0.4) is 0 Å². The van der Waals surface area contributed by atoms with E-state index in [1.54, 1.807) is 0 Å². The van der Waals surface area contributed by atoms with Crippen molar-refractivity contribution in [2.24, 2.45) is 5.73 Å². The Hall–Kier alpha value is -3.09. The maximum Gasteiger partial charge on any atom is 0.262 e. The van der Waals surface area contributed by atoms with E-state index >= 15 is 0 Å². The van der Waals surface area contributed by atoms with Crippen molar-refractivity contribution < 1.29 is 23.5 Å². The molecule has 0 saturated carbocycles. The van der Waals surface area contributed by atoms with E-state index in [2.05, 4.69) is 5.32 Å². The quantitative estimate of drug-likeness (QED) is 0.851. The van der Waals surface area contributed by atoms with Crippen molar-refractivity contribution >= 4 is 17.5 Å². The topological polar surface area (TPSA) is 90.6 Å². The summed E-state index contributed by atoms with van der Waals surface area (Å²) in [5.41, 5.74) is 5.74. The van der Waals surface area contributed by atoms with E-state index in [1.165, 1.54) is 49.6 Å². The second kappa shape index (κ2) is 7.26. The Balaban J connectivity index is 2.02. The minimum Gasteiger partial charge on any atom is -0.495 e. The van der Waals surface area contributed by atoms with Crippen molar-refractivity contribution in [3.05, 3.63) is 53.8 Å². The zero-order valence-electron chi connectivity index (χ0n) is 12.3. The van der Waals surface area contributed by atoms with Crippen LogP contribution in [0.4, 0.5) is 10.1 Å². The Kier molecular flexibility index (Phi) is 5.14. The number of anilines is 1. The number of amides is 2. The third-order valence-corrected chi connectivity index (χ3v) is 2.94. The fourth-order valence-electron chi connectivity index (χ4n) is 1.82. The summed E-state index contributed by atoms with van der Waals surface area (Å²) < 4.78 is 23.1. The maximum absolute atomic E-state index is 12.8. The highest BCUT2D eigenvalue weighted by atomic mass is 19.1. The zero-order valence-corrected chi connectivity index (χ0v) is 12.3. The normalized spacial score (nSPS) is 10.0. The first kappa shape index (κ1) is 16.3. The largest absolute Gasteiger partial charge is 0.495 e. The molecule has 0 aromatic heterocycles. The van der Waals surface area contributed by atoms with E-state index < -0.39 is 17.6 Å². The number of hydrogen-bond donors (Lipinski definition) is 2. The van der Waals surface area contributed by atoms with Gasteiger partial charge in [0.1, 0.15) is 17.3 Å². The monoisotopic (exact) mass is 318 g/mol. The molecule has 0 aliphatic carbocycles. The molecule has 3 N–H and O–H groups in total. The molecule has 0 saturated heterocycles. The molecule has 2 amide bonds. The van der Waals surface area contributed by atoms with E-state index in [0.717, 1.165) is 0 Å². The second-order valence-corrected chi connectivity index (χ2v) is 4.57. The summed E-state index contributed by atoms with van der Waals surface area (Å²) in [7, 11) is 1.43. The van der Waals surface area contributed by atoms with E-state index in [4.69, 9.17) is 15.2 Å². The molecule has 0 spiro atoms.